The second kappa shape index (κ2) is 8.08. The average Bonchev–Trinajstić information content (AvgIpc) is 2.57. The fraction of sp³-hybridized carbons (Fsp3) is 0.700. The molecule has 0 bridgehead atoms. The fourth-order valence-corrected chi connectivity index (χ4v) is 5.73. The van der Waals surface area contributed by atoms with Gasteiger partial charge in [-0.1, -0.05) is 58.0 Å². The Labute approximate surface area is 158 Å². The lowest BCUT2D eigenvalue weighted by Crippen LogP contribution is -2.66. The Balaban J connectivity index is 2.14. The van der Waals surface area contributed by atoms with E-state index in [-0.39, 0.29) is 23.7 Å². The lowest BCUT2D eigenvalue weighted by Gasteiger charge is -2.53. The summed E-state index contributed by atoms with van der Waals surface area (Å²) in [6.45, 7) is 12.5. The number of rotatable bonds is 6. The van der Waals surface area contributed by atoms with E-state index in [1.165, 1.54) is 0 Å². The third-order valence-electron chi connectivity index (χ3n) is 5.48. The summed E-state index contributed by atoms with van der Waals surface area (Å²) in [6.07, 6.45) is -0.686. The van der Waals surface area contributed by atoms with Gasteiger partial charge in [-0.25, -0.2) is 0 Å². The van der Waals surface area contributed by atoms with Crippen molar-refractivity contribution in [3.05, 3.63) is 35.9 Å². The predicted octanol–water partition coefficient (Wildman–Crippen LogP) is 3.24. The molecule has 2 rings (SSSR count). The van der Waals surface area contributed by atoms with Gasteiger partial charge in [0.25, 0.3) is 0 Å². The van der Waals surface area contributed by atoms with E-state index in [0.29, 0.717) is 13.2 Å². The minimum absolute atomic E-state index is 0.101. The summed E-state index contributed by atoms with van der Waals surface area (Å²) < 4.78 is 18.7. The molecule has 1 heterocycles. The molecule has 5 nitrogen and oxygen atoms in total. The van der Waals surface area contributed by atoms with Crippen LogP contribution in [-0.4, -0.2) is 49.8 Å². The molecule has 0 amide bonds. The normalized spacial score (nSPS) is 32.2. The molecule has 1 fully saturated rings. The maximum absolute atomic E-state index is 10.7. The molecule has 1 aliphatic rings. The molecule has 0 spiro atoms. The Hall–Kier alpha value is -0.763. The lowest BCUT2D eigenvalue weighted by molar-refractivity contribution is -0.167. The first-order valence-corrected chi connectivity index (χ1v) is 11.6. The van der Waals surface area contributed by atoms with Crippen LogP contribution < -0.4 is 0 Å². The van der Waals surface area contributed by atoms with Gasteiger partial charge in [0.1, 0.15) is 5.60 Å². The van der Waals surface area contributed by atoms with Gasteiger partial charge in [-0.3, -0.25) is 0 Å². The maximum Gasteiger partial charge on any atom is 0.341 e. The summed E-state index contributed by atoms with van der Waals surface area (Å²) in [6, 6.07) is 10.0. The Morgan fingerprint density at radius 3 is 2.27 bits per heavy atom. The van der Waals surface area contributed by atoms with Crippen LogP contribution >= 0.6 is 0 Å². The standard InChI is InChI=1S/C20H34O5Si/c1-15-17(13-23-12-16-10-8-7-9-11-16)24-26(6,19(2,3)4)25-18(15)20(5,22)14-21/h7-11,15,17-18,21-22H,12-14H2,1-6H3/t15-,17-,18-,20+,26?/m1/s1. The zero-order valence-corrected chi connectivity index (χ0v) is 17.9. The summed E-state index contributed by atoms with van der Waals surface area (Å²) in [7, 11) is -2.61. The summed E-state index contributed by atoms with van der Waals surface area (Å²) in [5.41, 5.74) is -0.206. The molecule has 2 N–H and O–H groups in total. The molecular weight excluding hydrogens is 348 g/mol. The Morgan fingerprint density at radius 2 is 1.73 bits per heavy atom. The third-order valence-corrected chi connectivity index (χ3v) is 9.66. The van der Waals surface area contributed by atoms with Crippen LogP contribution in [0.2, 0.25) is 11.6 Å². The van der Waals surface area contributed by atoms with Crippen molar-refractivity contribution in [2.75, 3.05) is 13.2 Å². The monoisotopic (exact) mass is 382 g/mol. The molecule has 0 saturated carbocycles. The highest BCUT2D eigenvalue weighted by Gasteiger charge is 2.56. The second-order valence-electron chi connectivity index (χ2n) is 8.77. The van der Waals surface area contributed by atoms with Gasteiger partial charge in [-0.15, -0.1) is 0 Å². The van der Waals surface area contributed by atoms with Crippen molar-refractivity contribution in [3.8, 4) is 0 Å². The number of aliphatic hydroxyl groups excluding tert-OH is 1. The van der Waals surface area contributed by atoms with E-state index in [0.717, 1.165) is 5.56 Å². The van der Waals surface area contributed by atoms with Crippen molar-refractivity contribution in [2.45, 2.75) is 70.6 Å². The first-order valence-electron chi connectivity index (χ1n) is 9.31. The van der Waals surface area contributed by atoms with E-state index >= 15 is 0 Å². The van der Waals surface area contributed by atoms with E-state index in [2.05, 4.69) is 20.8 Å². The Morgan fingerprint density at radius 1 is 1.12 bits per heavy atom. The molecular formula is C20H34O5Si. The van der Waals surface area contributed by atoms with Gasteiger partial charge in [0.15, 0.2) is 0 Å². The van der Waals surface area contributed by atoms with Gasteiger partial charge in [0.05, 0.1) is 32.0 Å². The average molecular weight is 383 g/mol. The highest BCUT2D eigenvalue weighted by Crippen LogP contribution is 2.45. The van der Waals surface area contributed by atoms with Crippen molar-refractivity contribution in [1.29, 1.82) is 0 Å². The van der Waals surface area contributed by atoms with Gasteiger partial charge in [-0.2, -0.15) is 0 Å². The SMILES string of the molecule is C[C@H]1[C@H]([C@@](C)(O)CO)O[Si](C)(C(C)(C)C)O[C@@H]1COCc1ccccc1. The molecule has 6 heteroatoms. The van der Waals surface area contributed by atoms with Crippen molar-refractivity contribution in [1.82, 2.24) is 0 Å². The predicted molar refractivity (Wildman–Crippen MR) is 104 cm³/mol. The molecule has 5 atom stereocenters. The third kappa shape index (κ3) is 4.74. The summed E-state index contributed by atoms with van der Waals surface area (Å²) >= 11 is 0. The maximum atomic E-state index is 10.7. The van der Waals surface area contributed by atoms with Gasteiger partial charge >= 0.3 is 8.56 Å². The number of hydrogen-bond acceptors (Lipinski definition) is 5. The van der Waals surface area contributed by atoms with E-state index in [1.807, 2.05) is 43.8 Å². The van der Waals surface area contributed by atoms with Crippen molar-refractivity contribution < 1.29 is 23.8 Å². The molecule has 1 saturated heterocycles. The van der Waals surface area contributed by atoms with Crippen LogP contribution in [0.5, 0.6) is 0 Å². The lowest BCUT2D eigenvalue weighted by atomic mass is 9.86. The van der Waals surface area contributed by atoms with Gasteiger partial charge in [0.2, 0.25) is 0 Å². The molecule has 0 aromatic heterocycles. The zero-order valence-electron chi connectivity index (χ0n) is 16.9. The topological polar surface area (TPSA) is 68.2 Å². The molecule has 148 valence electrons. The Bertz CT molecular complexity index is 571. The quantitative estimate of drug-likeness (QED) is 0.739. The molecule has 1 aliphatic heterocycles. The molecule has 26 heavy (non-hydrogen) atoms. The fourth-order valence-electron chi connectivity index (χ4n) is 3.16. The number of aliphatic hydroxyl groups is 2. The minimum atomic E-state index is -2.61. The van der Waals surface area contributed by atoms with Gasteiger partial charge in [-0.05, 0) is 19.0 Å². The molecule has 0 aliphatic carbocycles. The van der Waals surface area contributed by atoms with E-state index in [9.17, 15) is 10.2 Å². The van der Waals surface area contributed by atoms with Crippen LogP contribution in [0.1, 0.15) is 40.2 Å². The van der Waals surface area contributed by atoms with E-state index in [1.54, 1.807) is 6.92 Å². The van der Waals surface area contributed by atoms with Crippen LogP contribution in [0.25, 0.3) is 0 Å². The summed E-state index contributed by atoms with van der Waals surface area (Å²) in [5, 5.41) is 20.2. The molecule has 1 aromatic rings. The van der Waals surface area contributed by atoms with Crippen LogP contribution in [-0.2, 0) is 20.2 Å². The van der Waals surface area contributed by atoms with E-state index < -0.39 is 20.3 Å². The highest BCUT2D eigenvalue weighted by molar-refractivity contribution is 6.69. The van der Waals surface area contributed by atoms with Crippen molar-refractivity contribution in [3.63, 3.8) is 0 Å². The van der Waals surface area contributed by atoms with Crippen LogP contribution in [0.15, 0.2) is 30.3 Å². The van der Waals surface area contributed by atoms with Crippen LogP contribution in [0.4, 0.5) is 0 Å². The first-order chi connectivity index (χ1) is 12.0. The van der Waals surface area contributed by atoms with E-state index in [4.69, 9.17) is 13.6 Å². The van der Waals surface area contributed by atoms with Crippen molar-refractivity contribution in [2.24, 2.45) is 5.92 Å². The summed E-state index contributed by atoms with van der Waals surface area (Å²) in [5.74, 6) is -0.101. The highest BCUT2D eigenvalue weighted by atomic mass is 28.4. The summed E-state index contributed by atoms with van der Waals surface area (Å²) in [4.78, 5) is 0. The second-order valence-corrected chi connectivity index (χ2v) is 12.6. The van der Waals surface area contributed by atoms with Crippen molar-refractivity contribution >= 4 is 8.56 Å². The number of benzene rings is 1. The molecule has 1 unspecified atom stereocenters. The molecule has 0 radical (unpaired) electrons. The van der Waals surface area contributed by atoms with Gasteiger partial charge < -0.3 is 23.8 Å². The van der Waals surface area contributed by atoms with Crippen LogP contribution in [0, 0.1) is 5.92 Å². The van der Waals surface area contributed by atoms with Crippen LogP contribution in [0.3, 0.4) is 0 Å². The number of ether oxygens (including phenoxy) is 1. The minimum Gasteiger partial charge on any atom is -0.393 e. The number of hydrogen-bond donors (Lipinski definition) is 2. The zero-order chi connectivity index (χ0) is 19.6. The Kier molecular flexibility index (Phi) is 6.70. The first kappa shape index (κ1) is 21.5. The molecule has 1 aromatic carbocycles. The van der Waals surface area contributed by atoms with Gasteiger partial charge in [0, 0.05) is 11.0 Å². The smallest absolute Gasteiger partial charge is 0.341 e. The largest absolute Gasteiger partial charge is 0.393 e.